The zero-order chi connectivity index (χ0) is 15.9. The molecule has 1 aliphatic rings. The van der Waals surface area contributed by atoms with Crippen LogP contribution in [0.2, 0.25) is 0 Å². The highest BCUT2D eigenvalue weighted by molar-refractivity contribution is 6.05. The van der Waals surface area contributed by atoms with Crippen LogP contribution in [0.4, 0.5) is 5.69 Å². The van der Waals surface area contributed by atoms with Crippen LogP contribution >= 0.6 is 0 Å². The maximum Gasteiger partial charge on any atom is 0.251 e. The van der Waals surface area contributed by atoms with E-state index in [4.69, 9.17) is 0 Å². The van der Waals surface area contributed by atoms with Crippen molar-refractivity contribution in [3.05, 3.63) is 30.3 Å². The first-order valence-corrected chi connectivity index (χ1v) is 7.05. The number of para-hydroxylation sites is 1. The molecule has 1 heterocycles. The van der Waals surface area contributed by atoms with Crippen LogP contribution in [0.25, 0.3) is 0 Å². The summed E-state index contributed by atoms with van der Waals surface area (Å²) in [5, 5.41) is 9.34. The Kier molecular flexibility index (Phi) is 5.24. The zero-order valence-electron chi connectivity index (χ0n) is 12.6. The van der Waals surface area contributed by atoms with Crippen molar-refractivity contribution in [2.75, 3.05) is 5.32 Å². The molecule has 0 aliphatic carbocycles. The summed E-state index contributed by atoms with van der Waals surface area (Å²) < 4.78 is 0. The Labute approximate surface area is 128 Å². The van der Waals surface area contributed by atoms with Crippen LogP contribution in [0.1, 0.15) is 26.7 Å². The maximum absolute atomic E-state index is 11.8. The Morgan fingerprint density at radius 3 is 2.73 bits per heavy atom. The lowest BCUT2D eigenvalue weighted by Gasteiger charge is -2.06. The smallest absolute Gasteiger partial charge is 0.251 e. The molecule has 1 aliphatic heterocycles. The van der Waals surface area contributed by atoms with Gasteiger partial charge in [-0.2, -0.15) is 5.10 Å². The molecule has 0 fully saturated rings. The Hall–Kier alpha value is -2.70. The lowest BCUT2D eigenvalue weighted by atomic mass is 10.1. The standard InChI is InChI=1S/C15H19N5O2/c1-10(2)19-20-15-17-12(14(22)18-15)8-9-13(21)16-11-6-4-3-5-7-11/h3-7,12H,8-9H2,1-2H3,(H,16,21)(H2,17,18,20,22). The molecule has 7 nitrogen and oxygen atoms in total. The van der Waals surface area contributed by atoms with E-state index >= 15 is 0 Å². The molecule has 1 aromatic carbocycles. The normalized spacial score (nSPS) is 16.5. The van der Waals surface area contributed by atoms with Crippen molar-refractivity contribution in [2.45, 2.75) is 32.7 Å². The van der Waals surface area contributed by atoms with E-state index < -0.39 is 6.04 Å². The van der Waals surface area contributed by atoms with Crippen LogP contribution in [-0.4, -0.2) is 29.5 Å². The molecule has 1 unspecified atom stereocenters. The predicted molar refractivity (Wildman–Crippen MR) is 85.6 cm³/mol. The van der Waals surface area contributed by atoms with E-state index in [1.165, 1.54) is 0 Å². The van der Waals surface area contributed by atoms with Crippen LogP contribution in [0, 0.1) is 0 Å². The number of carbonyl (C=O) groups excluding carboxylic acids is 2. The molecule has 0 radical (unpaired) electrons. The number of anilines is 1. The quantitative estimate of drug-likeness (QED) is 0.564. The Morgan fingerprint density at radius 2 is 2.05 bits per heavy atom. The van der Waals surface area contributed by atoms with E-state index in [9.17, 15) is 9.59 Å². The molecule has 1 atom stereocenters. The number of rotatable bonds is 5. The van der Waals surface area contributed by atoms with Gasteiger partial charge in [0.05, 0.1) is 0 Å². The minimum atomic E-state index is -0.559. The molecule has 3 N–H and O–H groups in total. The third-order valence-electron chi connectivity index (χ3n) is 2.92. The number of aliphatic imine (C=N–C) groups is 1. The van der Waals surface area contributed by atoms with Crippen molar-refractivity contribution in [3.63, 3.8) is 0 Å². The number of hydrazone groups is 1. The van der Waals surface area contributed by atoms with Crippen LogP contribution in [0.15, 0.2) is 40.4 Å². The SMILES string of the molecule is CC(C)=NNC1=NC(CCC(=O)Nc2ccccc2)C(=O)N1. The van der Waals surface area contributed by atoms with E-state index in [-0.39, 0.29) is 18.2 Å². The minimum absolute atomic E-state index is 0.141. The third kappa shape index (κ3) is 4.69. The van der Waals surface area contributed by atoms with Gasteiger partial charge >= 0.3 is 0 Å². The highest BCUT2D eigenvalue weighted by Crippen LogP contribution is 2.10. The average molecular weight is 301 g/mol. The van der Waals surface area contributed by atoms with Crippen molar-refractivity contribution < 1.29 is 9.59 Å². The molecule has 7 heteroatoms. The first kappa shape index (κ1) is 15.7. The molecule has 1 aromatic rings. The number of amides is 2. The summed E-state index contributed by atoms with van der Waals surface area (Å²) in [4.78, 5) is 27.8. The van der Waals surface area contributed by atoms with E-state index in [2.05, 4.69) is 26.2 Å². The number of guanidine groups is 1. The number of nitrogens with one attached hydrogen (secondary N) is 3. The highest BCUT2D eigenvalue weighted by Gasteiger charge is 2.26. The van der Waals surface area contributed by atoms with Crippen molar-refractivity contribution in [1.82, 2.24) is 10.7 Å². The van der Waals surface area contributed by atoms with Crippen molar-refractivity contribution in [1.29, 1.82) is 0 Å². The number of benzene rings is 1. The van der Waals surface area contributed by atoms with E-state index in [1.54, 1.807) is 0 Å². The van der Waals surface area contributed by atoms with Gasteiger partial charge in [-0.1, -0.05) is 18.2 Å². The second-order valence-corrected chi connectivity index (χ2v) is 5.11. The summed E-state index contributed by atoms with van der Waals surface area (Å²) in [6, 6.07) is 8.63. The van der Waals surface area contributed by atoms with Crippen LogP contribution in [0.3, 0.4) is 0 Å². The van der Waals surface area contributed by atoms with E-state index in [0.29, 0.717) is 12.4 Å². The number of hydrogen-bond acceptors (Lipinski definition) is 5. The summed E-state index contributed by atoms with van der Waals surface area (Å²) in [6.45, 7) is 3.66. The minimum Gasteiger partial charge on any atom is -0.326 e. The van der Waals surface area contributed by atoms with Crippen LogP contribution in [-0.2, 0) is 9.59 Å². The van der Waals surface area contributed by atoms with Gasteiger partial charge < -0.3 is 5.32 Å². The van der Waals surface area contributed by atoms with Crippen molar-refractivity contribution in [3.8, 4) is 0 Å². The van der Waals surface area contributed by atoms with Gasteiger partial charge in [-0.05, 0) is 32.4 Å². The molecule has 2 amide bonds. The summed E-state index contributed by atoms with van der Waals surface area (Å²) >= 11 is 0. The second kappa shape index (κ2) is 7.35. The summed E-state index contributed by atoms with van der Waals surface area (Å²) in [5.74, 6) is -0.0448. The van der Waals surface area contributed by atoms with Gasteiger partial charge in [-0.3, -0.25) is 14.9 Å². The van der Waals surface area contributed by atoms with Crippen molar-refractivity contribution >= 4 is 29.2 Å². The van der Waals surface area contributed by atoms with Gasteiger partial charge in [-0.15, -0.1) is 0 Å². The molecule has 116 valence electrons. The summed E-state index contributed by atoms with van der Waals surface area (Å²) in [6.07, 6.45) is 0.574. The molecular weight excluding hydrogens is 282 g/mol. The van der Waals surface area contributed by atoms with Crippen molar-refractivity contribution in [2.24, 2.45) is 10.1 Å². The Balaban J connectivity index is 1.82. The molecule has 0 saturated carbocycles. The molecule has 0 spiro atoms. The molecule has 2 rings (SSSR count). The largest absolute Gasteiger partial charge is 0.326 e. The topological polar surface area (TPSA) is 94.9 Å². The monoisotopic (exact) mass is 301 g/mol. The molecule has 0 saturated heterocycles. The zero-order valence-corrected chi connectivity index (χ0v) is 12.6. The van der Waals surface area contributed by atoms with Gasteiger partial charge in [0.2, 0.25) is 11.9 Å². The average Bonchev–Trinajstić information content (AvgIpc) is 2.84. The molecular formula is C15H19N5O2. The highest BCUT2D eigenvalue weighted by atomic mass is 16.2. The summed E-state index contributed by atoms with van der Waals surface area (Å²) in [7, 11) is 0. The second-order valence-electron chi connectivity index (χ2n) is 5.11. The van der Waals surface area contributed by atoms with E-state index in [1.807, 2.05) is 44.2 Å². The summed E-state index contributed by atoms with van der Waals surface area (Å²) in [5.41, 5.74) is 4.23. The van der Waals surface area contributed by atoms with Crippen LogP contribution in [0.5, 0.6) is 0 Å². The fraction of sp³-hybridized carbons (Fsp3) is 0.333. The van der Waals surface area contributed by atoms with Gasteiger partial charge in [0.15, 0.2) is 0 Å². The third-order valence-corrected chi connectivity index (χ3v) is 2.92. The van der Waals surface area contributed by atoms with E-state index in [0.717, 1.165) is 11.4 Å². The predicted octanol–water partition coefficient (Wildman–Crippen LogP) is 1.25. The fourth-order valence-electron chi connectivity index (χ4n) is 1.88. The van der Waals surface area contributed by atoms with Gasteiger partial charge in [0, 0.05) is 17.8 Å². The fourth-order valence-corrected chi connectivity index (χ4v) is 1.88. The lowest BCUT2D eigenvalue weighted by Crippen LogP contribution is -2.35. The lowest BCUT2D eigenvalue weighted by molar-refractivity contribution is -0.120. The maximum atomic E-state index is 11.8. The Morgan fingerprint density at radius 1 is 1.32 bits per heavy atom. The first-order valence-electron chi connectivity index (χ1n) is 7.05. The first-order chi connectivity index (χ1) is 10.5. The van der Waals surface area contributed by atoms with Gasteiger partial charge in [0.1, 0.15) is 6.04 Å². The number of nitrogens with zero attached hydrogens (tertiary/aromatic N) is 2. The number of hydrogen-bond donors (Lipinski definition) is 3. The number of carbonyl (C=O) groups is 2. The molecule has 0 aromatic heterocycles. The van der Waals surface area contributed by atoms with Gasteiger partial charge in [-0.25, -0.2) is 10.4 Å². The molecule has 0 bridgehead atoms. The Bertz CT molecular complexity index is 606. The van der Waals surface area contributed by atoms with Crippen LogP contribution < -0.4 is 16.1 Å². The van der Waals surface area contributed by atoms with Gasteiger partial charge in [0.25, 0.3) is 5.91 Å². The molecule has 22 heavy (non-hydrogen) atoms.